The van der Waals surface area contributed by atoms with Crippen LogP contribution in [0.4, 0.5) is 0 Å². The van der Waals surface area contributed by atoms with Gasteiger partial charge in [-0.25, -0.2) is 4.79 Å². The summed E-state index contributed by atoms with van der Waals surface area (Å²) in [6.45, 7) is 10.1. The fourth-order valence-electron chi connectivity index (χ4n) is 6.24. The quantitative estimate of drug-likeness (QED) is 0.551. The molecule has 1 saturated heterocycles. The van der Waals surface area contributed by atoms with E-state index >= 15 is 0 Å². The van der Waals surface area contributed by atoms with Crippen LogP contribution in [0.15, 0.2) is 27.4 Å². The predicted octanol–water partition coefficient (Wildman–Crippen LogP) is 3.97. The number of ketones is 1. The number of carbonyl (C=O) groups excluding carboxylic acids is 1. The van der Waals surface area contributed by atoms with Gasteiger partial charge in [0.05, 0.1) is 16.9 Å². The van der Waals surface area contributed by atoms with E-state index in [1.165, 1.54) is 6.07 Å². The summed E-state index contributed by atoms with van der Waals surface area (Å²) in [6, 6.07) is 4.95. The maximum Gasteiger partial charge on any atom is 0.336 e. The normalized spacial score (nSPS) is 36.6. The molecule has 2 bridgehead atoms. The minimum atomic E-state index is -0.637. The van der Waals surface area contributed by atoms with Gasteiger partial charge >= 0.3 is 5.63 Å². The largest absolute Gasteiger partial charge is 0.487 e. The zero-order valence-electron chi connectivity index (χ0n) is 17.9. The minimum Gasteiger partial charge on any atom is -0.487 e. The van der Waals surface area contributed by atoms with Crippen molar-refractivity contribution < 1.29 is 23.4 Å². The van der Waals surface area contributed by atoms with Gasteiger partial charge < -0.3 is 18.6 Å². The van der Waals surface area contributed by atoms with Gasteiger partial charge in [-0.1, -0.05) is 0 Å². The van der Waals surface area contributed by atoms with E-state index in [0.29, 0.717) is 17.1 Å². The summed E-state index contributed by atoms with van der Waals surface area (Å²) >= 11 is 0. The Kier molecular flexibility index (Phi) is 3.24. The topological polar surface area (TPSA) is 78.3 Å². The number of rotatable bonds is 2. The summed E-state index contributed by atoms with van der Waals surface area (Å²) in [6.07, 6.45) is 1.29. The first-order valence-corrected chi connectivity index (χ1v) is 10.7. The van der Waals surface area contributed by atoms with Crippen LogP contribution in [0.3, 0.4) is 0 Å². The maximum absolute atomic E-state index is 13.7. The Hall–Kier alpha value is -2.34. The van der Waals surface area contributed by atoms with Crippen LogP contribution in [-0.2, 0) is 9.53 Å². The van der Waals surface area contributed by atoms with Gasteiger partial charge in [-0.2, -0.15) is 0 Å². The van der Waals surface area contributed by atoms with E-state index < -0.39 is 28.5 Å². The molecule has 2 aromatic rings. The molecule has 0 radical (unpaired) electrons. The molecule has 5 unspecified atom stereocenters. The van der Waals surface area contributed by atoms with Crippen LogP contribution in [0.2, 0.25) is 0 Å². The zero-order valence-corrected chi connectivity index (χ0v) is 17.9. The lowest BCUT2D eigenvalue weighted by molar-refractivity contribution is -0.149. The maximum atomic E-state index is 13.7. The molecule has 6 rings (SSSR count). The molecule has 3 aliphatic heterocycles. The fraction of sp³-hybridized carbons (Fsp3) is 0.583. The fourth-order valence-corrected chi connectivity index (χ4v) is 6.24. The van der Waals surface area contributed by atoms with E-state index in [1.54, 1.807) is 12.1 Å². The molecule has 1 aromatic heterocycles. The summed E-state index contributed by atoms with van der Waals surface area (Å²) in [4.78, 5) is 25.5. The number of hydrogen-bond acceptors (Lipinski definition) is 6. The van der Waals surface area contributed by atoms with Crippen molar-refractivity contribution in [2.45, 2.75) is 76.3 Å². The Balaban J connectivity index is 1.63. The van der Waals surface area contributed by atoms with Crippen LogP contribution in [0.25, 0.3) is 11.0 Å². The van der Waals surface area contributed by atoms with Crippen LogP contribution in [0.1, 0.15) is 58.9 Å². The highest BCUT2D eigenvalue weighted by Crippen LogP contribution is 2.64. The van der Waals surface area contributed by atoms with Crippen molar-refractivity contribution in [2.24, 2.45) is 11.8 Å². The lowest BCUT2D eigenvalue weighted by Gasteiger charge is -2.58. The van der Waals surface area contributed by atoms with Crippen molar-refractivity contribution in [3.63, 3.8) is 0 Å². The first kappa shape index (κ1) is 18.4. The molecule has 30 heavy (non-hydrogen) atoms. The minimum absolute atomic E-state index is 0.0184. The molecule has 4 heterocycles. The standard InChI is InChI=1S/C24H26O6/c1-22(2)12-8-9-24(5)18(19(26)21-23(3,4)30-21)16(12)17-14(28-22)10-13-11(20(17)29-24)6-7-15(25)27-13/h6-7,10,12,16,18,21H,8-9H2,1-5H3. The van der Waals surface area contributed by atoms with Gasteiger partial charge in [0.15, 0.2) is 5.78 Å². The van der Waals surface area contributed by atoms with Gasteiger partial charge in [0.25, 0.3) is 0 Å². The summed E-state index contributed by atoms with van der Waals surface area (Å²) in [5, 5.41) is 0.752. The third-order valence-electron chi connectivity index (χ3n) is 7.78. The van der Waals surface area contributed by atoms with Gasteiger partial charge in [-0.05, 0) is 53.5 Å². The summed E-state index contributed by atoms with van der Waals surface area (Å²) in [5.74, 6) is 1.34. The third kappa shape index (κ3) is 2.23. The van der Waals surface area contributed by atoms with E-state index in [0.717, 1.165) is 23.8 Å². The SMILES string of the molecule is CC1(C)OC1C(=O)C1C2c3c4cc5oc(=O)ccc5c3OC1(C)CCC2C(C)(C)O4. The van der Waals surface area contributed by atoms with Crippen LogP contribution >= 0.6 is 0 Å². The van der Waals surface area contributed by atoms with Crippen molar-refractivity contribution in [1.82, 2.24) is 0 Å². The second kappa shape index (κ2) is 5.28. The second-order valence-electron chi connectivity index (χ2n) is 10.6. The Morgan fingerprint density at radius 2 is 1.80 bits per heavy atom. The molecular weight excluding hydrogens is 384 g/mol. The molecular formula is C24H26O6. The monoisotopic (exact) mass is 410 g/mol. The lowest BCUT2D eigenvalue weighted by Crippen LogP contribution is -2.61. The van der Waals surface area contributed by atoms with Crippen LogP contribution in [0, 0.1) is 11.8 Å². The van der Waals surface area contributed by atoms with Gasteiger partial charge in [0.1, 0.15) is 34.4 Å². The van der Waals surface area contributed by atoms with Gasteiger partial charge in [-0.15, -0.1) is 0 Å². The molecule has 1 aromatic carbocycles. The van der Waals surface area contributed by atoms with Crippen LogP contribution in [-0.4, -0.2) is 28.7 Å². The Bertz CT molecular complexity index is 1170. The molecule has 6 nitrogen and oxygen atoms in total. The molecule has 1 aliphatic carbocycles. The third-order valence-corrected chi connectivity index (χ3v) is 7.78. The molecule has 0 amide bonds. The first-order valence-electron chi connectivity index (χ1n) is 10.7. The summed E-state index contributed by atoms with van der Waals surface area (Å²) in [7, 11) is 0. The van der Waals surface area contributed by atoms with E-state index in [2.05, 4.69) is 13.8 Å². The molecule has 1 saturated carbocycles. The smallest absolute Gasteiger partial charge is 0.336 e. The zero-order chi connectivity index (χ0) is 21.2. The Labute approximate surface area is 174 Å². The van der Waals surface area contributed by atoms with Gasteiger partial charge in [0.2, 0.25) is 0 Å². The number of ether oxygens (including phenoxy) is 3. The van der Waals surface area contributed by atoms with E-state index in [9.17, 15) is 9.59 Å². The highest BCUT2D eigenvalue weighted by atomic mass is 16.6. The van der Waals surface area contributed by atoms with Crippen molar-refractivity contribution in [3.8, 4) is 11.5 Å². The van der Waals surface area contributed by atoms with Crippen LogP contribution < -0.4 is 15.1 Å². The van der Waals surface area contributed by atoms with Crippen molar-refractivity contribution in [2.75, 3.05) is 0 Å². The van der Waals surface area contributed by atoms with Gasteiger partial charge in [-0.3, -0.25) is 4.79 Å². The van der Waals surface area contributed by atoms with E-state index in [-0.39, 0.29) is 23.5 Å². The number of Topliss-reactive ketones (excluding diaryl/α,β-unsaturated/α-hetero) is 1. The number of fused-ring (bicyclic) bond motifs is 3. The molecule has 0 N–H and O–H groups in total. The summed E-state index contributed by atoms with van der Waals surface area (Å²) in [5.41, 5.74) is -0.523. The Morgan fingerprint density at radius 1 is 1.07 bits per heavy atom. The van der Waals surface area contributed by atoms with Crippen molar-refractivity contribution in [1.29, 1.82) is 0 Å². The number of benzene rings is 1. The summed E-state index contributed by atoms with van der Waals surface area (Å²) < 4.78 is 24.3. The number of carbonyl (C=O) groups is 1. The van der Waals surface area contributed by atoms with Gasteiger partial charge in [0, 0.05) is 29.5 Å². The Morgan fingerprint density at radius 3 is 2.50 bits per heavy atom. The second-order valence-corrected chi connectivity index (χ2v) is 10.6. The lowest BCUT2D eigenvalue weighted by atomic mass is 9.54. The van der Waals surface area contributed by atoms with Crippen LogP contribution in [0.5, 0.6) is 11.5 Å². The van der Waals surface area contributed by atoms with E-state index in [1.807, 2.05) is 20.8 Å². The molecule has 4 aliphatic rings. The van der Waals surface area contributed by atoms with Crippen molar-refractivity contribution >= 4 is 16.8 Å². The van der Waals surface area contributed by atoms with E-state index in [4.69, 9.17) is 18.6 Å². The molecule has 158 valence electrons. The molecule has 5 atom stereocenters. The highest BCUT2D eigenvalue weighted by Gasteiger charge is 2.66. The average molecular weight is 410 g/mol. The first-order chi connectivity index (χ1) is 14.0. The predicted molar refractivity (Wildman–Crippen MR) is 109 cm³/mol. The number of hydrogen-bond donors (Lipinski definition) is 0. The molecule has 6 heteroatoms. The highest BCUT2D eigenvalue weighted by molar-refractivity contribution is 5.94. The average Bonchev–Trinajstić information content (AvgIpc) is 3.27. The van der Waals surface area contributed by atoms with Crippen molar-refractivity contribution in [3.05, 3.63) is 34.2 Å². The molecule has 0 spiro atoms. The molecule has 2 fully saturated rings. The number of epoxide rings is 1.